The van der Waals surface area contributed by atoms with Gasteiger partial charge in [-0.1, -0.05) is 73.5 Å². The molecule has 1 aliphatic rings. The number of rotatable bonds is 11. The molecule has 4 atom stereocenters. The molecule has 8 nitrogen and oxygen atoms in total. The van der Waals surface area contributed by atoms with E-state index >= 15 is 0 Å². The quantitative estimate of drug-likeness (QED) is 0.293. The standard InChI is InChI=1S/C30H34N4O4S/c31-27(35)23-10-4-5-11-24(23)29(37)34-26(18-22-9-6-16-39-22)30(38)33-25(28(32)36)17-19-12-14-21(15-13-19)20-7-2-1-3-8-20/h1-3,6-9,12-16,23-26H,4-5,10-11,17-18H2,(H2,31,35)(H2,32,36)(H,33,38)(H,34,37)/t23-,24-,25+,26-/m1/s1. The van der Waals surface area contributed by atoms with Gasteiger partial charge in [0.05, 0.1) is 0 Å². The monoisotopic (exact) mass is 546 g/mol. The highest BCUT2D eigenvalue weighted by Gasteiger charge is 2.36. The molecule has 0 bridgehead atoms. The van der Waals surface area contributed by atoms with Crippen molar-refractivity contribution in [2.24, 2.45) is 23.3 Å². The summed E-state index contributed by atoms with van der Waals surface area (Å²) in [6.07, 6.45) is 3.21. The summed E-state index contributed by atoms with van der Waals surface area (Å²) >= 11 is 1.47. The van der Waals surface area contributed by atoms with E-state index in [1.165, 1.54) is 11.3 Å². The van der Waals surface area contributed by atoms with Gasteiger partial charge in [-0.15, -0.1) is 11.3 Å². The van der Waals surface area contributed by atoms with Gasteiger partial charge in [0.1, 0.15) is 12.1 Å². The summed E-state index contributed by atoms with van der Waals surface area (Å²) in [4.78, 5) is 51.8. The molecule has 0 radical (unpaired) electrons. The fourth-order valence-electron chi connectivity index (χ4n) is 5.10. The number of amides is 4. The van der Waals surface area contributed by atoms with Crippen molar-refractivity contribution >= 4 is 35.0 Å². The summed E-state index contributed by atoms with van der Waals surface area (Å²) in [5.74, 6) is -3.18. The van der Waals surface area contributed by atoms with Crippen LogP contribution in [-0.4, -0.2) is 35.7 Å². The number of hydrogen-bond donors (Lipinski definition) is 4. The Hall–Kier alpha value is -3.98. The van der Waals surface area contributed by atoms with Crippen LogP contribution in [-0.2, 0) is 32.0 Å². The maximum atomic E-state index is 13.4. The van der Waals surface area contributed by atoms with E-state index < -0.39 is 41.6 Å². The highest BCUT2D eigenvalue weighted by atomic mass is 32.1. The minimum Gasteiger partial charge on any atom is -0.369 e. The highest BCUT2D eigenvalue weighted by Crippen LogP contribution is 2.30. The maximum Gasteiger partial charge on any atom is 0.243 e. The van der Waals surface area contributed by atoms with Gasteiger partial charge in [-0.25, -0.2) is 0 Å². The second-order valence-electron chi connectivity index (χ2n) is 9.98. The van der Waals surface area contributed by atoms with Crippen LogP contribution in [0.25, 0.3) is 11.1 Å². The minimum absolute atomic E-state index is 0.211. The Morgan fingerprint density at radius 2 is 1.44 bits per heavy atom. The Morgan fingerprint density at radius 3 is 2.05 bits per heavy atom. The van der Waals surface area contributed by atoms with Crippen LogP contribution in [0.5, 0.6) is 0 Å². The molecular weight excluding hydrogens is 512 g/mol. The molecular formula is C30H34N4O4S. The fraction of sp³-hybridized carbons (Fsp3) is 0.333. The van der Waals surface area contributed by atoms with E-state index in [4.69, 9.17) is 11.5 Å². The van der Waals surface area contributed by atoms with Crippen LogP contribution in [0.3, 0.4) is 0 Å². The van der Waals surface area contributed by atoms with Crippen LogP contribution in [0.2, 0.25) is 0 Å². The molecule has 0 unspecified atom stereocenters. The molecule has 6 N–H and O–H groups in total. The first-order chi connectivity index (χ1) is 18.8. The lowest BCUT2D eigenvalue weighted by Gasteiger charge is -2.30. The normalized spacial score (nSPS) is 18.5. The first kappa shape index (κ1) is 28.0. The molecule has 204 valence electrons. The molecule has 3 aromatic rings. The maximum absolute atomic E-state index is 13.4. The molecule has 39 heavy (non-hydrogen) atoms. The van der Waals surface area contributed by atoms with Gasteiger partial charge in [-0.05, 0) is 41.0 Å². The molecule has 9 heteroatoms. The minimum atomic E-state index is -0.962. The van der Waals surface area contributed by atoms with Crippen molar-refractivity contribution in [3.05, 3.63) is 82.6 Å². The van der Waals surface area contributed by atoms with E-state index in [1.54, 1.807) is 0 Å². The molecule has 1 fully saturated rings. The van der Waals surface area contributed by atoms with Crippen molar-refractivity contribution in [1.82, 2.24) is 10.6 Å². The number of nitrogens with two attached hydrogens (primary N) is 2. The Bertz CT molecular complexity index is 1280. The summed E-state index contributed by atoms with van der Waals surface area (Å²) in [7, 11) is 0. The first-order valence-electron chi connectivity index (χ1n) is 13.2. The van der Waals surface area contributed by atoms with Crippen LogP contribution >= 0.6 is 11.3 Å². The summed E-state index contributed by atoms with van der Waals surface area (Å²) in [5, 5.41) is 7.48. The van der Waals surface area contributed by atoms with Crippen molar-refractivity contribution in [1.29, 1.82) is 0 Å². The third-order valence-corrected chi connectivity index (χ3v) is 8.15. The molecule has 4 rings (SSSR count). The molecule has 1 aliphatic carbocycles. The van der Waals surface area contributed by atoms with E-state index in [1.807, 2.05) is 72.1 Å². The average Bonchev–Trinajstić information content (AvgIpc) is 3.46. The van der Waals surface area contributed by atoms with Crippen molar-refractivity contribution in [2.45, 2.75) is 50.6 Å². The van der Waals surface area contributed by atoms with Gasteiger partial charge in [0.15, 0.2) is 0 Å². The van der Waals surface area contributed by atoms with Gasteiger partial charge in [0, 0.05) is 29.6 Å². The lowest BCUT2D eigenvalue weighted by Crippen LogP contribution is -2.55. The van der Waals surface area contributed by atoms with Crippen LogP contribution in [0, 0.1) is 11.8 Å². The van der Waals surface area contributed by atoms with E-state index in [2.05, 4.69) is 10.6 Å². The van der Waals surface area contributed by atoms with Gasteiger partial charge >= 0.3 is 0 Å². The second kappa shape index (κ2) is 13.2. The first-order valence-corrected chi connectivity index (χ1v) is 14.1. The summed E-state index contributed by atoms with van der Waals surface area (Å²) in [5.41, 5.74) is 14.2. The van der Waals surface area contributed by atoms with Crippen molar-refractivity contribution in [2.75, 3.05) is 0 Å². The Kier molecular flexibility index (Phi) is 9.49. The molecule has 1 saturated carbocycles. The number of benzene rings is 2. The van der Waals surface area contributed by atoms with Gasteiger partial charge in [-0.3, -0.25) is 19.2 Å². The molecule has 1 aromatic heterocycles. The molecule has 2 aromatic carbocycles. The predicted octanol–water partition coefficient (Wildman–Crippen LogP) is 2.95. The molecule has 0 aliphatic heterocycles. The Labute approximate surface area is 232 Å². The topological polar surface area (TPSA) is 144 Å². The van der Waals surface area contributed by atoms with Crippen LogP contribution in [0.15, 0.2) is 72.1 Å². The van der Waals surface area contributed by atoms with Crippen molar-refractivity contribution in [3.63, 3.8) is 0 Å². The average molecular weight is 547 g/mol. The van der Waals surface area contributed by atoms with Crippen LogP contribution < -0.4 is 22.1 Å². The summed E-state index contributed by atoms with van der Waals surface area (Å²) in [6, 6.07) is 19.5. The zero-order chi connectivity index (χ0) is 27.8. The van der Waals surface area contributed by atoms with E-state index in [0.29, 0.717) is 12.8 Å². The van der Waals surface area contributed by atoms with E-state index in [9.17, 15) is 19.2 Å². The number of thiophene rings is 1. The molecule has 1 heterocycles. The van der Waals surface area contributed by atoms with Gasteiger partial charge in [0.2, 0.25) is 23.6 Å². The highest BCUT2D eigenvalue weighted by molar-refractivity contribution is 7.09. The molecule has 4 amide bonds. The SMILES string of the molecule is NC(=O)[C@H](Cc1ccc(-c2ccccc2)cc1)NC(=O)[C@@H](Cc1cccs1)NC(=O)[C@@H]1CCCC[C@H]1C(N)=O. The summed E-state index contributed by atoms with van der Waals surface area (Å²) in [6.45, 7) is 0. The lowest BCUT2D eigenvalue weighted by molar-refractivity contribution is -0.137. The number of hydrogen-bond acceptors (Lipinski definition) is 5. The number of carbonyl (C=O) groups excluding carboxylic acids is 4. The summed E-state index contributed by atoms with van der Waals surface area (Å²) < 4.78 is 0. The Morgan fingerprint density at radius 1 is 0.769 bits per heavy atom. The number of carbonyl (C=O) groups is 4. The third-order valence-electron chi connectivity index (χ3n) is 7.25. The van der Waals surface area contributed by atoms with Crippen molar-refractivity contribution < 1.29 is 19.2 Å². The number of nitrogens with one attached hydrogen (secondary N) is 2. The van der Waals surface area contributed by atoms with E-state index in [0.717, 1.165) is 34.4 Å². The van der Waals surface area contributed by atoms with Gasteiger partial charge in [-0.2, -0.15) is 0 Å². The Balaban J connectivity index is 1.46. The third kappa shape index (κ3) is 7.54. The zero-order valence-electron chi connectivity index (χ0n) is 21.7. The smallest absolute Gasteiger partial charge is 0.243 e. The molecule has 0 saturated heterocycles. The van der Waals surface area contributed by atoms with Gasteiger partial charge < -0.3 is 22.1 Å². The van der Waals surface area contributed by atoms with Crippen molar-refractivity contribution in [3.8, 4) is 11.1 Å². The second-order valence-corrected chi connectivity index (χ2v) is 11.0. The predicted molar refractivity (Wildman–Crippen MR) is 151 cm³/mol. The lowest BCUT2D eigenvalue weighted by atomic mass is 9.78. The zero-order valence-corrected chi connectivity index (χ0v) is 22.5. The van der Waals surface area contributed by atoms with Gasteiger partial charge in [0.25, 0.3) is 0 Å². The fourth-order valence-corrected chi connectivity index (χ4v) is 5.85. The van der Waals surface area contributed by atoms with Crippen LogP contribution in [0.1, 0.15) is 36.1 Å². The van der Waals surface area contributed by atoms with E-state index in [-0.39, 0.29) is 18.7 Å². The van der Waals surface area contributed by atoms with Crippen LogP contribution in [0.4, 0.5) is 0 Å². The largest absolute Gasteiger partial charge is 0.369 e. The number of primary amides is 2. The molecule has 0 spiro atoms.